The predicted octanol–water partition coefficient (Wildman–Crippen LogP) is 3.71. The summed E-state index contributed by atoms with van der Waals surface area (Å²) in [6.45, 7) is 2.10. The molecular formula is C12H13Cl2N3. The summed E-state index contributed by atoms with van der Waals surface area (Å²) in [6.07, 6.45) is 3.52. The van der Waals surface area contributed by atoms with Crippen LogP contribution in [0.25, 0.3) is 5.69 Å². The monoisotopic (exact) mass is 269 g/mol. The molecule has 5 heteroatoms. The van der Waals surface area contributed by atoms with Crippen LogP contribution in [0.2, 0.25) is 10.0 Å². The van der Waals surface area contributed by atoms with Crippen molar-refractivity contribution in [1.29, 1.82) is 0 Å². The van der Waals surface area contributed by atoms with Gasteiger partial charge in [0.25, 0.3) is 0 Å². The molecule has 0 unspecified atom stereocenters. The van der Waals surface area contributed by atoms with Crippen molar-refractivity contribution < 1.29 is 0 Å². The summed E-state index contributed by atoms with van der Waals surface area (Å²) in [6, 6.07) is 5.33. The standard InChI is InChI=1S/C12H13Cl2N3/c1-2-3-12-10(15)7-16-17(12)11-5-4-8(13)6-9(11)14/h4-7H,2-3,15H2,1H3. The average Bonchev–Trinajstić information content (AvgIpc) is 2.62. The van der Waals surface area contributed by atoms with Crippen LogP contribution in [-0.4, -0.2) is 9.78 Å². The molecule has 0 radical (unpaired) electrons. The highest BCUT2D eigenvalue weighted by atomic mass is 35.5. The van der Waals surface area contributed by atoms with E-state index < -0.39 is 0 Å². The van der Waals surface area contributed by atoms with Crippen LogP contribution in [0.3, 0.4) is 0 Å². The molecule has 0 aliphatic heterocycles. The highest BCUT2D eigenvalue weighted by Crippen LogP contribution is 2.27. The molecule has 0 atom stereocenters. The molecule has 2 N–H and O–H groups in total. The number of nitrogens with two attached hydrogens (primary N) is 1. The quantitative estimate of drug-likeness (QED) is 0.923. The summed E-state index contributed by atoms with van der Waals surface area (Å²) >= 11 is 12.0. The molecule has 0 aliphatic carbocycles. The zero-order valence-corrected chi connectivity index (χ0v) is 11.0. The Hall–Kier alpha value is -1.19. The van der Waals surface area contributed by atoms with Crippen LogP contribution in [0.15, 0.2) is 24.4 Å². The molecule has 1 aromatic heterocycles. The van der Waals surface area contributed by atoms with E-state index in [0.717, 1.165) is 24.2 Å². The number of benzene rings is 1. The molecule has 0 spiro atoms. The maximum atomic E-state index is 6.16. The van der Waals surface area contributed by atoms with Crippen LogP contribution in [0.1, 0.15) is 19.0 Å². The lowest BCUT2D eigenvalue weighted by Gasteiger charge is -2.09. The Kier molecular flexibility index (Phi) is 3.60. The summed E-state index contributed by atoms with van der Waals surface area (Å²) in [5.41, 5.74) is 8.37. The molecule has 17 heavy (non-hydrogen) atoms. The second-order valence-corrected chi connectivity index (χ2v) is 4.65. The van der Waals surface area contributed by atoms with Gasteiger partial charge in [0.05, 0.1) is 28.3 Å². The SMILES string of the molecule is CCCc1c(N)cnn1-c1ccc(Cl)cc1Cl. The fourth-order valence-electron chi connectivity index (χ4n) is 1.73. The van der Waals surface area contributed by atoms with Crippen LogP contribution < -0.4 is 5.73 Å². The largest absolute Gasteiger partial charge is 0.396 e. The molecule has 1 aromatic carbocycles. The molecule has 0 aliphatic rings. The minimum Gasteiger partial charge on any atom is -0.396 e. The van der Waals surface area contributed by atoms with Gasteiger partial charge in [0.1, 0.15) is 0 Å². The fraction of sp³-hybridized carbons (Fsp3) is 0.250. The molecule has 0 fully saturated rings. The fourth-order valence-corrected chi connectivity index (χ4v) is 2.22. The first-order valence-electron chi connectivity index (χ1n) is 5.41. The summed E-state index contributed by atoms with van der Waals surface area (Å²) in [5, 5.41) is 5.43. The minimum atomic E-state index is 0.568. The Balaban J connectivity index is 2.52. The van der Waals surface area contributed by atoms with Crippen molar-refractivity contribution in [3.05, 3.63) is 40.1 Å². The lowest BCUT2D eigenvalue weighted by molar-refractivity contribution is 0.776. The zero-order valence-electron chi connectivity index (χ0n) is 9.45. The predicted molar refractivity (Wildman–Crippen MR) is 72.0 cm³/mol. The minimum absolute atomic E-state index is 0.568. The van der Waals surface area contributed by atoms with Crippen molar-refractivity contribution in [3.63, 3.8) is 0 Å². The van der Waals surface area contributed by atoms with E-state index in [2.05, 4.69) is 12.0 Å². The second kappa shape index (κ2) is 4.98. The number of anilines is 1. The number of nitrogens with zero attached hydrogens (tertiary/aromatic N) is 2. The smallest absolute Gasteiger partial charge is 0.0836 e. The molecular weight excluding hydrogens is 257 g/mol. The molecule has 2 rings (SSSR count). The average molecular weight is 270 g/mol. The third-order valence-corrected chi connectivity index (χ3v) is 3.06. The first-order chi connectivity index (χ1) is 8.13. The molecule has 0 saturated carbocycles. The Labute approximate surface area is 110 Å². The van der Waals surface area contributed by atoms with Crippen LogP contribution in [0.5, 0.6) is 0 Å². The molecule has 0 amide bonds. The maximum Gasteiger partial charge on any atom is 0.0836 e. The van der Waals surface area contributed by atoms with Crippen molar-refractivity contribution in [1.82, 2.24) is 9.78 Å². The molecule has 0 bridgehead atoms. The highest BCUT2D eigenvalue weighted by Gasteiger charge is 2.11. The summed E-state index contributed by atoms with van der Waals surface area (Å²) in [5.74, 6) is 0. The van der Waals surface area contributed by atoms with Gasteiger partial charge in [0.15, 0.2) is 0 Å². The number of rotatable bonds is 3. The van der Waals surface area contributed by atoms with E-state index in [4.69, 9.17) is 28.9 Å². The van der Waals surface area contributed by atoms with Crippen molar-refractivity contribution in [3.8, 4) is 5.69 Å². The number of hydrogen-bond acceptors (Lipinski definition) is 2. The molecule has 2 aromatic rings. The first kappa shape index (κ1) is 12.3. The van der Waals surface area contributed by atoms with Gasteiger partial charge in [-0.05, 0) is 24.6 Å². The molecule has 1 heterocycles. The number of halogens is 2. The van der Waals surface area contributed by atoms with E-state index in [1.807, 2.05) is 6.07 Å². The summed E-state index contributed by atoms with van der Waals surface area (Å²) < 4.78 is 1.78. The van der Waals surface area contributed by atoms with Crippen molar-refractivity contribution in [2.45, 2.75) is 19.8 Å². The van der Waals surface area contributed by atoms with Gasteiger partial charge in [-0.1, -0.05) is 36.5 Å². The normalized spacial score (nSPS) is 10.8. The van der Waals surface area contributed by atoms with Crippen molar-refractivity contribution >= 4 is 28.9 Å². The van der Waals surface area contributed by atoms with Gasteiger partial charge in [0, 0.05) is 5.02 Å². The first-order valence-corrected chi connectivity index (χ1v) is 6.17. The lowest BCUT2D eigenvalue weighted by atomic mass is 10.2. The number of hydrogen-bond donors (Lipinski definition) is 1. The van der Waals surface area contributed by atoms with Gasteiger partial charge < -0.3 is 5.73 Å². The lowest BCUT2D eigenvalue weighted by Crippen LogP contribution is -2.04. The third kappa shape index (κ3) is 2.40. The summed E-state index contributed by atoms with van der Waals surface area (Å²) in [4.78, 5) is 0. The van der Waals surface area contributed by atoms with Gasteiger partial charge in [-0.2, -0.15) is 5.10 Å². The van der Waals surface area contributed by atoms with E-state index in [0.29, 0.717) is 15.7 Å². The van der Waals surface area contributed by atoms with Crippen LogP contribution in [0.4, 0.5) is 5.69 Å². The summed E-state index contributed by atoms with van der Waals surface area (Å²) in [7, 11) is 0. The topological polar surface area (TPSA) is 43.8 Å². The van der Waals surface area contributed by atoms with E-state index in [1.165, 1.54) is 0 Å². The molecule has 90 valence electrons. The van der Waals surface area contributed by atoms with Crippen LogP contribution in [0, 0.1) is 0 Å². The molecule has 3 nitrogen and oxygen atoms in total. The zero-order chi connectivity index (χ0) is 12.4. The van der Waals surface area contributed by atoms with Crippen molar-refractivity contribution in [2.75, 3.05) is 5.73 Å². The Morgan fingerprint density at radius 1 is 1.35 bits per heavy atom. The van der Waals surface area contributed by atoms with Gasteiger partial charge in [-0.3, -0.25) is 0 Å². The van der Waals surface area contributed by atoms with E-state index >= 15 is 0 Å². The third-order valence-electron chi connectivity index (χ3n) is 2.53. The highest BCUT2D eigenvalue weighted by molar-refractivity contribution is 6.35. The van der Waals surface area contributed by atoms with E-state index in [-0.39, 0.29) is 0 Å². The maximum absolute atomic E-state index is 6.16. The Bertz CT molecular complexity index is 535. The van der Waals surface area contributed by atoms with Crippen molar-refractivity contribution in [2.24, 2.45) is 0 Å². The van der Waals surface area contributed by atoms with Gasteiger partial charge in [0.2, 0.25) is 0 Å². The number of aromatic nitrogens is 2. The van der Waals surface area contributed by atoms with E-state index in [9.17, 15) is 0 Å². The van der Waals surface area contributed by atoms with Gasteiger partial charge in [-0.25, -0.2) is 4.68 Å². The van der Waals surface area contributed by atoms with E-state index in [1.54, 1.807) is 23.0 Å². The molecule has 0 saturated heterocycles. The van der Waals surface area contributed by atoms with Gasteiger partial charge >= 0.3 is 0 Å². The van der Waals surface area contributed by atoms with Crippen LogP contribution >= 0.6 is 23.2 Å². The Morgan fingerprint density at radius 2 is 2.12 bits per heavy atom. The van der Waals surface area contributed by atoms with Crippen LogP contribution in [-0.2, 0) is 6.42 Å². The van der Waals surface area contributed by atoms with Gasteiger partial charge in [-0.15, -0.1) is 0 Å². The second-order valence-electron chi connectivity index (χ2n) is 3.80. The number of nitrogen functional groups attached to an aromatic ring is 1. The Morgan fingerprint density at radius 3 is 2.76 bits per heavy atom.